The number of nitrogens with zero attached hydrogens (tertiary/aromatic N) is 1. The van der Waals surface area contributed by atoms with Crippen molar-refractivity contribution in [3.8, 4) is 0 Å². The Balaban J connectivity index is 3.68. The van der Waals surface area contributed by atoms with Crippen LogP contribution in [-0.2, 0) is 0 Å². The average molecular weight is 175 g/mol. The molecule has 0 bridgehead atoms. The second-order valence-electron chi connectivity index (χ2n) is 2.86. The Labute approximate surface area is 72.3 Å². The number of nitrogens with two attached hydrogens (primary N) is 1. The highest BCUT2D eigenvalue weighted by atomic mass is 16.3. The number of nitrogens with one attached hydrogen (secondary N) is 1. The fourth-order valence-electron chi connectivity index (χ4n) is 0.603. The summed E-state index contributed by atoms with van der Waals surface area (Å²) in [4.78, 5) is 3.81. The van der Waals surface area contributed by atoms with E-state index in [-0.39, 0.29) is 25.2 Å². The zero-order valence-corrected chi connectivity index (χ0v) is 7.49. The Hall–Kier alpha value is -0.810. The van der Waals surface area contributed by atoms with Gasteiger partial charge >= 0.3 is 0 Å². The molecule has 0 saturated carbocycles. The van der Waals surface area contributed by atoms with Crippen LogP contribution in [0.3, 0.4) is 0 Å². The van der Waals surface area contributed by atoms with E-state index in [1.807, 2.05) is 13.8 Å². The van der Waals surface area contributed by atoms with Crippen molar-refractivity contribution in [2.75, 3.05) is 13.2 Å². The number of guanidine groups is 1. The molecule has 0 aliphatic carbocycles. The molecule has 0 heterocycles. The first-order valence-electron chi connectivity index (χ1n) is 3.91. The second-order valence-corrected chi connectivity index (χ2v) is 2.86. The SMILES string of the molecule is CC(C)NC(N)=NCC(O)CO. The van der Waals surface area contributed by atoms with Gasteiger partial charge in [-0.1, -0.05) is 0 Å². The number of aliphatic imine (C=N–C) groups is 1. The Morgan fingerprint density at radius 3 is 2.58 bits per heavy atom. The molecule has 72 valence electrons. The van der Waals surface area contributed by atoms with Crippen molar-refractivity contribution in [2.45, 2.75) is 26.0 Å². The summed E-state index contributed by atoms with van der Waals surface area (Å²) in [6, 6.07) is 0.222. The molecule has 5 N–H and O–H groups in total. The molecular weight excluding hydrogens is 158 g/mol. The largest absolute Gasteiger partial charge is 0.394 e. The Bertz CT molecular complexity index is 148. The summed E-state index contributed by atoms with van der Waals surface area (Å²) in [5.74, 6) is 0.289. The van der Waals surface area contributed by atoms with Gasteiger partial charge in [0.25, 0.3) is 0 Å². The van der Waals surface area contributed by atoms with E-state index in [0.29, 0.717) is 0 Å². The molecule has 0 amide bonds. The molecule has 12 heavy (non-hydrogen) atoms. The summed E-state index contributed by atoms with van der Waals surface area (Å²) in [5.41, 5.74) is 5.42. The van der Waals surface area contributed by atoms with Crippen molar-refractivity contribution in [2.24, 2.45) is 10.7 Å². The highest BCUT2D eigenvalue weighted by Gasteiger charge is 2.00. The van der Waals surface area contributed by atoms with E-state index in [2.05, 4.69) is 10.3 Å². The van der Waals surface area contributed by atoms with Gasteiger partial charge in [0.2, 0.25) is 0 Å². The monoisotopic (exact) mass is 175 g/mol. The molecule has 1 unspecified atom stereocenters. The van der Waals surface area contributed by atoms with Crippen molar-refractivity contribution < 1.29 is 10.2 Å². The van der Waals surface area contributed by atoms with Crippen LogP contribution < -0.4 is 11.1 Å². The van der Waals surface area contributed by atoms with Crippen LogP contribution in [0.1, 0.15) is 13.8 Å². The lowest BCUT2D eigenvalue weighted by molar-refractivity contribution is 0.102. The zero-order chi connectivity index (χ0) is 9.56. The van der Waals surface area contributed by atoms with Gasteiger partial charge in [0.1, 0.15) is 0 Å². The maximum Gasteiger partial charge on any atom is 0.188 e. The molecule has 0 aromatic rings. The molecule has 0 radical (unpaired) electrons. The van der Waals surface area contributed by atoms with E-state index in [4.69, 9.17) is 15.9 Å². The third-order valence-corrected chi connectivity index (χ3v) is 1.12. The van der Waals surface area contributed by atoms with Crippen LogP contribution in [0.2, 0.25) is 0 Å². The highest BCUT2D eigenvalue weighted by molar-refractivity contribution is 5.78. The number of hydrogen-bond acceptors (Lipinski definition) is 3. The Kier molecular flexibility index (Phi) is 5.40. The quantitative estimate of drug-likeness (QED) is 0.314. The van der Waals surface area contributed by atoms with Crippen LogP contribution in [0.15, 0.2) is 4.99 Å². The molecule has 5 heteroatoms. The Morgan fingerprint density at radius 1 is 1.58 bits per heavy atom. The highest BCUT2D eigenvalue weighted by Crippen LogP contribution is 1.82. The standard InChI is InChI=1S/C7H17N3O2/c1-5(2)10-7(8)9-3-6(12)4-11/h5-6,11-12H,3-4H2,1-2H3,(H3,8,9,10). The van der Waals surface area contributed by atoms with Crippen LogP contribution in [0, 0.1) is 0 Å². The molecular formula is C7H17N3O2. The van der Waals surface area contributed by atoms with Crippen molar-refractivity contribution in [3.63, 3.8) is 0 Å². The van der Waals surface area contributed by atoms with E-state index in [0.717, 1.165) is 0 Å². The first kappa shape index (κ1) is 11.2. The van der Waals surface area contributed by atoms with E-state index in [1.54, 1.807) is 0 Å². The van der Waals surface area contributed by atoms with Crippen molar-refractivity contribution in [3.05, 3.63) is 0 Å². The minimum Gasteiger partial charge on any atom is -0.394 e. The lowest BCUT2D eigenvalue weighted by atomic mass is 10.4. The van der Waals surface area contributed by atoms with Gasteiger partial charge in [-0.3, -0.25) is 4.99 Å². The van der Waals surface area contributed by atoms with E-state index in [1.165, 1.54) is 0 Å². The van der Waals surface area contributed by atoms with E-state index < -0.39 is 6.10 Å². The van der Waals surface area contributed by atoms with Crippen molar-refractivity contribution in [1.29, 1.82) is 0 Å². The predicted molar refractivity (Wildman–Crippen MR) is 47.9 cm³/mol. The molecule has 0 spiro atoms. The molecule has 1 atom stereocenters. The Morgan fingerprint density at radius 2 is 2.17 bits per heavy atom. The summed E-state index contributed by atoms with van der Waals surface area (Å²) >= 11 is 0. The predicted octanol–water partition coefficient (Wildman–Crippen LogP) is -1.35. The van der Waals surface area contributed by atoms with E-state index >= 15 is 0 Å². The van der Waals surface area contributed by atoms with Crippen LogP contribution >= 0.6 is 0 Å². The molecule has 0 aromatic heterocycles. The molecule has 5 nitrogen and oxygen atoms in total. The van der Waals surface area contributed by atoms with Gasteiger partial charge in [0.05, 0.1) is 19.3 Å². The van der Waals surface area contributed by atoms with Gasteiger partial charge in [-0.15, -0.1) is 0 Å². The lowest BCUT2D eigenvalue weighted by Gasteiger charge is -2.09. The topological polar surface area (TPSA) is 90.9 Å². The molecule has 0 rings (SSSR count). The van der Waals surface area contributed by atoms with Gasteiger partial charge < -0.3 is 21.3 Å². The van der Waals surface area contributed by atoms with Crippen LogP contribution in [0.25, 0.3) is 0 Å². The third-order valence-electron chi connectivity index (χ3n) is 1.12. The molecule has 0 aliphatic rings. The third kappa shape index (κ3) is 5.94. The van der Waals surface area contributed by atoms with Crippen LogP contribution in [-0.4, -0.2) is 41.5 Å². The maximum absolute atomic E-state index is 8.90. The minimum absolute atomic E-state index is 0.127. The number of aliphatic hydroxyl groups excluding tert-OH is 2. The number of aliphatic hydroxyl groups is 2. The molecule has 0 saturated heterocycles. The fourth-order valence-corrected chi connectivity index (χ4v) is 0.603. The number of rotatable bonds is 4. The first-order chi connectivity index (χ1) is 5.56. The fraction of sp³-hybridized carbons (Fsp3) is 0.857. The van der Waals surface area contributed by atoms with Crippen LogP contribution in [0.5, 0.6) is 0 Å². The van der Waals surface area contributed by atoms with Crippen LogP contribution in [0.4, 0.5) is 0 Å². The van der Waals surface area contributed by atoms with Crippen molar-refractivity contribution in [1.82, 2.24) is 5.32 Å². The first-order valence-corrected chi connectivity index (χ1v) is 3.91. The normalized spacial score (nSPS) is 14.9. The maximum atomic E-state index is 8.90. The summed E-state index contributed by atoms with van der Waals surface area (Å²) < 4.78 is 0. The van der Waals surface area contributed by atoms with Gasteiger partial charge in [0, 0.05) is 6.04 Å². The van der Waals surface area contributed by atoms with Gasteiger partial charge in [-0.2, -0.15) is 0 Å². The van der Waals surface area contributed by atoms with Gasteiger partial charge in [-0.25, -0.2) is 0 Å². The summed E-state index contributed by atoms with van der Waals surface area (Å²) in [7, 11) is 0. The molecule has 0 fully saturated rings. The smallest absolute Gasteiger partial charge is 0.188 e. The van der Waals surface area contributed by atoms with E-state index in [9.17, 15) is 0 Å². The summed E-state index contributed by atoms with van der Waals surface area (Å²) in [6.07, 6.45) is -0.822. The molecule has 0 aromatic carbocycles. The van der Waals surface area contributed by atoms with Gasteiger partial charge in [0.15, 0.2) is 5.96 Å². The second kappa shape index (κ2) is 5.79. The molecule has 0 aliphatic heterocycles. The summed E-state index contributed by atoms with van der Waals surface area (Å²) in [5, 5.41) is 20.2. The lowest BCUT2D eigenvalue weighted by Crippen LogP contribution is -2.37. The average Bonchev–Trinajstić information content (AvgIpc) is 1.99. The summed E-state index contributed by atoms with van der Waals surface area (Å²) in [6.45, 7) is 3.70. The number of hydrogen-bond donors (Lipinski definition) is 4. The minimum atomic E-state index is -0.822. The van der Waals surface area contributed by atoms with Crippen molar-refractivity contribution >= 4 is 5.96 Å². The zero-order valence-electron chi connectivity index (χ0n) is 7.49. The van der Waals surface area contributed by atoms with Gasteiger partial charge in [-0.05, 0) is 13.8 Å².